The first-order valence-corrected chi connectivity index (χ1v) is 13.7. The van der Waals surface area contributed by atoms with Gasteiger partial charge in [0.05, 0.1) is 16.8 Å². The predicted molar refractivity (Wildman–Crippen MR) is 150 cm³/mol. The van der Waals surface area contributed by atoms with Crippen LogP contribution in [0.1, 0.15) is 37.5 Å². The van der Waals surface area contributed by atoms with Gasteiger partial charge < -0.3 is 9.47 Å². The number of sulfonamides is 1. The van der Waals surface area contributed by atoms with Gasteiger partial charge in [-0.25, -0.2) is 18.6 Å². The largest absolute Gasteiger partial charge is 0.482 e. The van der Waals surface area contributed by atoms with Crippen LogP contribution in [0.5, 0.6) is 5.75 Å². The predicted octanol–water partition coefficient (Wildman–Crippen LogP) is 4.37. The minimum absolute atomic E-state index is 0.0789. The smallest absolute Gasteiger partial charge is 0.344 e. The molecule has 0 fully saturated rings. The summed E-state index contributed by atoms with van der Waals surface area (Å²) in [6, 6.07) is 20.0. The number of nitrogens with zero attached hydrogens (tertiary/aromatic N) is 2. The number of anilines is 1. The Morgan fingerprint density at radius 3 is 2.26 bits per heavy atom. The highest BCUT2D eigenvalue weighted by molar-refractivity contribution is 7.92. The molecule has 0 aliphatic rings. The zero-order valence-electron chi connectivity index (χ0n) is 22.7. The summed E-state index contributed by atoms with van der Waals surface area (Å²) < 4.78 is 38.6. The fourth-order valence-corrected chi connectivity index (χ4v) is 5.12. The third kappa shape index (κ3) is 8.68. The molecule has 3 rings (SSSR count). The fourth-order valence-electron chi connectivity index (χ4n) is 3.61. The topological polar surface area (TPSA) is 114 Å². The lowest BCUT2D eigenvalue weighted by Crippen LogP contribution is -2.40. The number of rotatable bonds is 10. The number of nitrogens with one attached hydrogen (secondary N) is 1. The first kappa shape index (κ1) is 29.4. The van der Waals surface area contributed by atoms with Crippen molar-refractivity contribution in [1.82, 2.24) is 5.43 Å². The van der Waals surface area contributed by atoms with Crippen LogP contribution in [-0.2, 0) is 24.3 Å². The maximum Gasteiger partial charge on any atom is 0.344 e. The molecular formula is C29H33N3O6S. The van der Waals surface area contributed by atoms with Crippen LogP contribution in [0.15, 0.2) is 82.8 Å². The van der Waals surface area contributed by atoms with E-state index in [9.17, 15) is 18.0 Å². The van der Waals surface area contributed by atoms with E-state index in [0.29, 0.717) is 17.0 Å². The minimum Gasteiger partial charge on any atom is -0.482 e. The van der Waals surface area contributed by atoms with Crippen LogP contribution in [0.3, 0.4) is 0 Å². The van der Waals surface area contributed by atoms with Crippen LogP contribution in [0, 0.1) is 13.8 Å². The van der Waals surface area contributed by atoms with E-state index < -0.39 is 34.0 Å². The first-order chi connectivity index (χ1) is 18.3. The number of hydrogen-bond donors (Lipinski definition) is 1. The summed E-state index contributed by atoms with van der Waals surface area (Å²) in [4.78, 5) is 24.7. The van der Waals surface area contributed by atoms with Gasteiger partial charge in [-0.3, -0.25) is 9.10 Å². The summed E-state index contributed by atoms with van der Waals surface area (Å²) >= 11 is 0. The molecule has 3 aromatic rings. The average Bonchev–Trinajstić information content (AvgIpc) is 2.87. The number of aryl methyl sites for hydroxylation is 2. The molecule has 0 atom stereocenters. The van der Waals surface area contributed by atoms with Gasteiger partial charge in [0.25, 0.3) is 15.9 Å². The summed E-state index contributed by atoms with van der Waals surface area (Å²) in [6.07, 6.45) is 1.42. The number of carbonyl (C=O) groups excluding carboxylic acids is 2. The molecule has 1 amide bonds. The van der Waals surface area contributed by atoms with E-state index in [1.54, 1.807) is 82.3 Å². The van der Waals surface area contributed by atoms with Crippen LogP contribution in [0.2, 0.25) is 0 Å². The Labute approximate surface area is 229 Å². The van der Waals surface area contributed by atoms with Gasteiger partial charge in [0.1, 0.15) is 17.9 Å². The van der Waals surface area contributed by atoms with Crippen molar-refractivity contribution in [2.75, 3.05) is 17.5 Å². The van der Waals surface area contributed by atoms with Crippen LogP contribution < -0.4 is 14.5 Å². The van der Waals surface area contributed by atoms with Crippen molar-refractivity contribution < 1.29 is 27.5 Å². The van der Waals surface area contributed by atoms with Gasteiger partial charge in [-0.15, -0.1) is 0 Å². The Balaban J connectivity index is 1.66. The van der Waals surface area contributed by atoms with Crippen molar-refractivity contribution in [1.29, 1.82) is 0 Å². The molecule has 3 aromatic carbocycles. The zero-order chi connectivity index (χ0) is 28.6. The molecule has 39 heavy (non-hydrogen) atoms. The van der Waals surface area contributed by atoms with Crippen molar-refractivity contribution in [3.8, 4) is 5.75 Å². The Morgan fingerprint density at radius 2 is 1.64 bits per heavy atom. The average molecular weight is 552 g/mol. The standard InChI is InChI=1S/C29H33N3O6S/c1-21-11-16-26(22(2)17-21)32(39(35,36)25-9-7-6-8-10-25)19-27(33)31-30-18-23-12-14-24(15-13-23)37-20-28(34)38-29(3,4)5/h6-18H,19-20H2,1-5H3,(H,31,33)/b30-18-. The quantitative estimate of drug-likeness (QED) is 0.227. The van der Waals surface area contributed by atoms with Gasteiger partial charge in [0.2, 0.25) is 0 Å². The molecule has 1 N–H and O–H groups in total. The lowest BCUT2D eigenvalue weighted by Gasteiger charge is -2.25. The van der Waals surface area contributed by atoms with E-state index in [2.05, 4.69) is 10.5 Å². The second-order valence-electron chi connectivity index (χ2n) is 9.85. The molecule has 0 saturated carbocycles. The third-order valence-corrected chi connectivity index (χ3v) is 7.07. The van der Waals surface area contributed by atoms with Gasteiger partial charge in [0, 0.05) is 0 Å². The van der Waals surface area contributed by atoms with Crippen LogP contribution in [-0.4, -0.2) is 45.3 Å². The van der Waals surface area contributed by atoms with Gasteiger partial charge >= 0.3 is 5.97 Å². The normalized spacial score (nSPS) is 11.7. The lowest BCUT2D eigenvalue weighted by molar-refractivity contribution is -0.157. The van der Waals surface area contributed by atoms with E-state index in [1.807, 2.05) is 13.0 Å². The second-order valence-corrected chi connectivity index (χ2v) is 11.7. The lowest BCUT2D eigenvalue weighted by atomic mass is 10.1. The molecule has 0 saturated heterocycles. The molecule has 0 bridgehead atoms. The number of hydrogen-bond acceptors (Lipinski definition) is 7. The van der Waals surface area contributed by atoms with E-state index in [-0.39, 0.29) is 11.5 Å². The molecule has 0 radical (unpaired) electrons. The van der Waals surface area contributed by atoms with Crippen molar-refractivity contribution >= 4 is 33.8 Å². The van der Waals surface area contributed by atoms with Crippen molar-refractivity contribution in [3.05, 3.63) is 89.5 Å². The van der Waals surface area contributed by atoms with Crippen molar-refractivity contribution in [2.45, 2.75) is 45.1 Å². The van der Waals surface area contributed by atoms with Crippen LogP contribution in [0.25, 0.3) is 0 Å². The zero-order valence-corrected chi connectivity index (χ0v) is 23.5. The van der Waals surface area contributed by atoms with Crippen LogP contribution >= 0.6 is 0 Å². The van der Waals surface area contributed by atoms with E-state index >= 15 is 0 Å². The molecule has 10 heteroatoms. The Morgan fingerprint density at radius 1 is 0.974 bits per heavy atom. The SMILES string of the molecule is Cc1ccc(N(CC(=O)N/N=C\c2ccc(OCC(=O)OC(C)(C)C)cc2)S(=O)(=O)c2ccccc2)c(C)c1. The molecule has 0 heterocycles. The fraction of sp³-hybridized carbons (Fsp3) is 0.276. The van der Waals surface area contributed by atoms with E-state index in [1.165, 1.54) is 18.3 Å². The summed E-state index contributed by atoms with van der Waals surface area (Å²) in [6.45, 7) is 8.36. The van der Waals surface area contributed by atoms with Gasteiger partial charge in [-0.2, -0.15) is 5.10 Å². The molecule has 0 spiro atoms. The minimum atomic E-state index is -4.01. The van der Waals surface area contributed by atoms with Crippen molar-refractivity contribution in [3.63, 3.8) is 0 Å². The summed E-state index contributed by atoms with van der Waals surface area (Å²) in [5.41, 5.74) is 4.56. The van der Waals surface area contributed by atoms with Crippen LogP contribution in [0.4, 0.5) is 5.69 Å². The highest BCUT2D eigenvalue weighted by Crippen LogP contribution is 2.27. The number of carbonyl (C=O) groups is 2. The first-order valence-electron chi connectivity index (χ1n) is 12.3. The van der Waals surface area contributed by atoms with E-state index in [4.69, 9.17) is 9.47 Å². The van der Waals surface area contributed by atoms with Crippen molar-refractivity contribution in [2.24, 2.45) is 5.10 Å². The molecule has 0 aliphatic carbocycles. The molecule has 0 aromatic heterocycles. The second kappa shape index (κ2) is 12.6. The Hall–Kier alpha value is -4.18. The molecule has 0 aliphatic heterocycles. The van der Waals surface area contributed by atoms with Gasteiger partial charge in [-0.05, 0) is 88.2 Å². The molecule has 0 unspecified atom stereocenters. The maximum atomic E-state index is 13.5. The number of ether oxygens (including phenoxy) is 2. The number of esters is 1. The number of amides is 1. The number of hydrazone groups is 1. The highest BCUT2D eigenvalue weighted by atomic mass is 32.2. The highest BCUT2D eigenvalue weighted by Gasteiger charge is 2.28. The Kier molecular flexibility index (Phi) is 9.47. The van der Waals surface area contributed by atoms with E-state index in [0.717, 1.165) is 15.4 Å². The maximum absolute atomic E-state index is 13.5. The monoisotopic (exact) mass is 551 g/mol. The van der Waals surface area contributed by atoms with Gasteiger partial charge in [0.15, 0.2) is 6.61 Å². The Bertz CT molecular complexity index is 1430. The molecule has 9 nitrogen and oxygen atoms in total. The van der Waals surface area contributed by atoms with Gasteiger partial charge in [-0.1, -0.05) is 35.9 Å². The molecular weight excluding hydrogens is 518 g/mol. The summed E-state index contributed by atoms with van der Waals surface area (Å²) in [5, 5.41) is 3.96. The number of benzene rings is 3. The third-order valence-electron chi connectivity index (χ3n) is 5.30. The molecule has 206 valence electrons. The summed E-state index contributed by atoms with van der Waals surface area (Å²) in [7, 11) is -4.01. The summed E-state index contributed by atoms with van der Waals surface area (Å²) in [5.74, 6) is -0.611.